The van der Waals surface area contributed by atoms with E-state index < -0.39 is 0 Å². The molecule has 2 saturated heterocycles. The van der Waals surface area contributed by atoms with Gasteiger partial charge in [-0.05, 0) is 32.4 Å². The first-order valence-corrected chi connectivity index (χ1v) is 7.63. The number of hydrogen-bond donors (Lipinski definition) is 2. The fourth-order valence-corrected chi connectivity index (χ4v) is 3.57. The predicted octanol–water partition coefficient (Wildman–Crippen LogP) is 1.24. The molecule has 3 N–H and O–H groups in total. The molecule has 3 rings (SSSR count). The van der Waals surface area contributed by atoms with Crippen molar-refractivity contribution < 1.29 is 5.21 Å². The fourth-order valence-electron chi connectivity index (χ4n) is 3.57. The highest BCUT2D eigenvalue weighted by Crippen LogP contribution is 2.29. The van der Waals surface area contributed by atoms with Crippen LogP contribution < -0.4 is 10.6 Å². The van der Waals surface area contributed by atoms with Gasteiger partial charge in [0.05, 0.1) is 11.9 Å². The molecule has 2 aliphatic heterocycles. The fraction of sp³-hybridized carbons (Fsp3) is 0.600. The van der Waals surface area contributed by atoms with Gasteiger partial charge in [0.25, 0.3) is 0 Å². The van der Waals surface area contributed by atoms with Gasteiger partial charge in [-0.25, -0.2) is 0 Å². The van der Waals surface area contributed by atoms with Crippen LogP contribution in [0, 0.1) is 0 Å². The topological polar surface area (TPSA) is 78.0 Å². The molecule has 0 saturated carbocycles. The zero-order chi connectivity index (χ0) is 14.8. The maximum Gasteiger partial charge on any atom is 0.172 e. The van der Waals surface area contributed by atoms with Crippen molar-refractivity contribution in [3.05, 3.63) is 24.0 Å². The van der Waals surface area contributed by atoms with Crippen molar-refractivity contribution in [1.29, 1.82) is 0 Å². The Bertz CT molecular complexity index is 533. The zero-order valence-corrected chi connectivity index (χ0v) is 12.4. The maximum atomic E-state index is 8.98. The molecule has 0 radical (unpaired) electrons. The number of aromatic nitrogens is 1. The normalized spacial score (nSPS) is 27.5. The second kappa shape index (κ2) is 5.89. The number of oxime groups is 1. The number of pyridine rings is 1. The second-order valence-electron chi connectivity index (χ2n) is 6.02. The summed E-state index contributed by atoms with van der Waals surface area (Å²) < 4.78 is 0. The van der Waals surface area contributed by atoms with Crippen LogP contribution in [0.15, 0.2) is 23.6 Å². The van der Waals surface area contributed by atoms with Crippen LogP contribution in [0.1, 0.15) is 31.7 Å². The minimum Gasteiger partial charge on any atom is -0.409 e. The average molecular weight is 289 g/mol. The number of fused-ring (bicyclic) bond motifs is 1. The summed E-state index contributed by atoms with van der Waals surface area (Å²) >= 11 is 0. The number of rotatable bonds is 2. The summed E-state index contributed by atoms with van der Waals surface area (Å²) in [6, 6.07) is 2.81. The lowest BCUT2D eigenvalue weighted by molar-refractivity contribution is 0.115. The largest absolute Gasteiger partial charge is 0.409 e. The molecule has 1 aromatic heterocycles. The number of nitrogens with two attached hydrogens (primary N) is 1. The first-order valence-electron chi connectivity index (χ1n) is 7.63. The summed E-state index contributed by atoms with van der Waals surface area (Å²) in [5, 5.41) is 12.1. The highest BCUT2D eigenvalue weighted by Gasteiger charge is 2.34. The Balaban J connectivity index is 1.89. The van der Waals surface area contributed by atoms with E-state index in [1.165, 1.54) is 25.8 Å². The smallest absolute Gasteiger partial charge is 0.172 e. The van der Waals surface area contributed by atoms with Gasteiger partial charge in [-0.2, -0.15) is 0 Å². The summed E-state index contributed by atoms with van der Waals surface area (Å²) in [5.41, 5.74) is 7.53. The van der Waals surface area contributed by atoms with Crippen molar-refractivity contribution in [1.82, 2.24) is 9.88 Å². The van der Waals surface area contributed by atoms with Crippen LogP contribution in [0.4, 0.5) is 5.69 Å². The monoisotopic (exact) mass is 289 g/mol. The number of piperidine rings is 1. The SMILES string of the molecule is CC1CN2CCCCC2CN1c1cnccc1/C(N)=N/O. The first kappa shape index (κ1) is 14.1. The minimum atomic E-state index is 0.144. The van der Waals surface area contributed by atoms with E-state index in [0.29, 0.717) is 12.1 Å². The molecule has 1 aromatic rings. The Kier molecular flexibility index (Phi) is 3.96. The molecule has 0 amide bonds. The second-order valence-corrected chi connectivity index (χ2v) is 6.02. The van der Waals surface area contributed by atoms with Crippen LogP contribution in [0.2, 0.25) is 0 Å². The van der Waals surface area contributed by atoms with Crippen molar-refractivity contribution in [2.24, 2.45) is 10.9 Å². The quantitative estimate of drug-likeness (QED) is 0.371. The van der Waals surface area contributed by atoms with Gasteiger partial charge in [-0.3, -0.25) is 9.88 Å². The van der Waals surface area contributed by atoms with Crippen LogP contribution in [0.5, 0.6) is 0 Å². The third-order valence-electron chi connectivity index (χ3n) is 4.68. The highest BCUT2D eigenvalue weighted by molar-refractivity contribution is 6.02. The summed E-state index contributed by atoms with van der Waals surface area (Å²) in [5.74, 6) is 0.144. The van der Waals surface area contributed by atoms with E-state index in [2.05, 4.69) is 26.9 Å². The van der Waals surface area contributed by atoms with Crippen LogP contribution in [-0.2, 0) is 0 Å². The summed E-state index contributed by atoms with van der Waals surface area (Å²) in [6.45, 7) is 5.49. The van der Waals surface area contributed by atoms with Crippen LogP contribution in [0.25, 0.3) is 0 Å². The van der Waals surface area contributed by atoms with Gasteiger partial charge in [-0.15, -0.1) is 0 Å². The number of hydrogen-bond acceptors (Lipinski definition) is 5. The lowest BCUT2D eigenvalue weighted by Gasteiger charge is -2.48. The predicted molar refractivity (Wildman–Crippen MR) is 82.8 cm³/mol. The van der Waals surface area contributed by atoms with Gasteiger partial charge < -0.3 is 15.8 Å². The van der Waals surface area contributed by atoms with E-state index in [4.69, 9.17) is 10.9 Å². The number of anilines is 1. The standard InChI is InChI=1S/C15H23N5O/c1-11-9-19-7-3-2-4-12(19)10-20(11)14-8-17-6-5-13(14)15(16)18-21/h5-6,8,11-12,21H,2-4,7,9-10H2,1H3,(H2,16,18). The van der Waals surface area contributed by atoms with Gasteiger partial charge in [0.1, 0.15) is 0 Å². The molecule has 0 spiro atoms. The van der Waals surface area contributed by atoms with Crippen molar-refractivity contribution in [2.75, 3.05) is 24.5 Å². The molecule has 2 aliphatic rings. The van der Waals surface area contributed by atoms with Crippen LogP contribution in [-0.4, -0.2) is 52.6 Å². The molecule has 2 atom stereocenters. The summed E-state index contributed by atoms with van der Waals surface area (Å²) in [6.07, 6.45) is 7.37. The molecule has 6 nitrogen and oxygen atoms in total. The highest BCUT2D eigenvalue weighted by atomic mass is 16.4. The lowest BCUT2D eigenvalue weighted by Crippen LogP contribution is -2.59. The molecule has 2 fully saturated rings. The number of nitrogens with zero attached hydrogens (tertiary/aromatic N) is 4. The van der Waals surface area contributed by atoms with Crippen LogP contribution in [0.3, 0.4) is 0 Å². The Labute approximate surface area is 125 Å². The Morgan fingerprint density at radius 3 is 3.10 bits per heavy atom. The van der Waals surface area contributed by atoms with E-state index in [0.717, 1.165) is 24.3 Å². The molecule has 0 aliphatic carbocycles. The summed E-state index contributed by atoms with van der Waals surface area (Å²) in [7, 11) is 0. The Hall–Kier alpha value is -1.82. The number of amidine groups is 1. The van der Waals surface area contributed by atoms with Crippen molar-refractivity contribution in [2.45, 2.75) is 38.3 Å². The van der Waals surface area contributed by atoms with E-state index in [9.17, 15) is 0 Å². The average Bonchev–Trinajstić information content (AvgIpc) is 2.53. The lowest BCUT2D eigenvalue weighted by atomic mass is 9.96. The zero-order valence-electron chi connectivity index (χ0n) is 12.4. The minimum absolute atomic E-state index is 0.144. The molecule has 0 bridgehead atoms. The Morgan fingerprint density at radius 1 is 1.43 bits per heavy atom. The third-order valence-corrected chi connectivity index (χ3v) is 4.68. The van der Waals surface area contributed by atoms with Gasteiger partial charge in [0.15, 0.2) is 5.84 Å². The van der Waals surface area contributed by atoms with E-state index >= 15 is 0 Å². The first-order chi connectivity index (χ1) is 10.2. The van der Waals surface area contributed by atoms with Gasteiger partial charge in [0.2, 0.25) is 0 Å². The van der Waals surface area contributed by atoms with Gasteiger partial charge >= 0.3 is 0 Å². The maximum absolute atomic E-state index is 8.98. The molecule has 2 unspecified atom stereocenters. The van der Waals surface area contributed by atoms with Gasteiger partial charge in [-0.1, -0.05) is 11.6 Å². The third kappa shape index (κ3) is 2.68. The molecule has 6 heteroatoms. The molecular formula is C15H23N5O. The molecule has 0 aromatic carbocycles. The number of piperazine rings is 1. The molecule has 114 valence electrons. The molecular weight excluding hydrogens is 266 g/mol. The van der Waals surface area contributed by atoms with Crippen molar-refractivity contribution in [3.63, 3.8) is 0 Å². The summed E-state index contributed by atoms with van der Waals surface area (Å²) in [4.78, 5) is 9.18. The van der Waals surface area contributed by atoms with Crippen molar-refractivity contribution in [3.8, 4) is 0 Å². The van der Waals surface area contributed by atoms with Crippen LogP contribution >= 0.6 is 0 Å². The van der Waals surface area contributed by atoms with E-state index in [1.807, 2.05) is 12.3 Å². The van der Waals surface area contributed by atoms with E-state index in [-0.39, 0.29) is 5.84 Å². The Morgan fingerprint density at radius 2 is 2.29 bits per heavy atom. The van der Waals surface area contributed by atoms with E-state index in [1.54, 1.807) is 6.20 Å². The van der Waals surface area contributed by atoms with Crippen molar-refractivity contribution >= 4 is 11.5 Å². The molecule has 21 heavy (non-hydrogen) atoms. The molecule has 3 heterocycles. The van der Waals surface area contributed by atoms with Gasteiger partial charge in [0, 0.05) is 36.9 Å².